The maximum atomic E-state index is 2.22. The Labute approximate surface area is 67.2 Å². The van der Waals surface area contributed by atoms with Crippen molar-refractivity contribution in [1.82, 2.24) is 0 Å². The minimum atomic E-state index is 0. The average molecular weight is 227 g/mol. The third-order valence-corrected chi connectivity index (χ3v) is 1.30. The van der Waals surface area contributed by atoms with Gasteiger partial charge in [0.25, 0.3) is 0 Å². The Morgan fingerprint density at radius 2 is 2.25 bits per heavy atom. The molecule has 0 aliphatic carbocycles. The van der Waals surface area contributed by atoms with Crippen LogP contribution in [0.15, 0.2) is 0 Å². The average Bonchev–Trinajstić information content (AvgIpc) is 1.87. The highest BCUT2D eigenvalue weighted by Crippen LogP contribution is 1.63. The van der Waals surface area contributed by atoms with Gasteiger partial charge >= 0.3 is 6.34 Å². The van der Waals surface area contributed by atoms with Crippen molar-refractivity contribution in [2.24, 2.45) is 0 Å². The molecule has 0 spiro atoms. The van der Waals surface area contributed by atoms with E-state index in [2.05, 4.69) is 25.0 Å². The fourth-order valence-electron chi connectivity index (χ4n) is 0.858. The molecule has 1 atom stereocenters. The van der Waals surface area contributed by atoms with Gasteiger partial charge in [0.05, 0.1) is 7.05 Å². The molecule has 48 valence electrons. The number of nitrogens with zero attached hydrogens (tertiary/aromatic N) is 1. The molecule has 0 bridgehead atoms. The number of hydrogen-bond donors (Lipinski definition) is 1. The zero-order chi connectivity index (χ0) is 5.28. The van der Waals surface area contributed by atoms with E-state index >= 15 is 0 Å². The van der Waals surface area contributed by atoms with E-state index in [4.69, 9.17) is 0 Å². The molecular weight excluding hydrogens is 215 g/mol. The first-order chi connectivity index (χ1) is 3.29. The Balaban J connectivity index is 0.000000490. The molecule has 1 aliphatic heterocycles. The van der Waals surface area contributed by atoms with E-state index in [-0.39, 0.29) is 24.0 Å². The van der Waals surface area contributed by atoms with E-state index < -0.39 is 0 Å². The van der Waals surface area contributed by atoms with Gasteiger partial charge in [-0.15, -0.1) is 0 Å². The van der Waals surface area contributed by atoms with Crippen LogP contribution in [-0.4, -0.2) is 38.1 Å². The number of likely N-dealkylation sites (N-methyl/N-ethyl adjacent to an activating group) is 2. The summed E-state index contributed by atoms with van der Waals surface area (Å²) in [4.78, 5) is 1.50. The van der Waals surface area contributed by atoms with Gasteiger partial charge in [0, 0.05) is 0 Å². The molecule has 3 heteroatoms. The van der Waals surface area contributed by atoms with Crippen molar-refractivity contribution in [2.45, 2.75) is 0 Å². The predicted molar refractivity (Wildman–Crippen MR) is 28.9 cm³/mol. The number of halogens is 1. The van der Waals surface area contributed by atoms with Crippen LogP contribution in [0.4, 0.5) is 0 Å². The summed E-state index contributed by atoms with van der Waals surface area (Å²) in [5.41, 5.74) is 0. The van der Waals surface area contributed by atoms with Crippen LogP contribution >= 0.6 is 0 Å². The van der Waals surface area contributed by atoms with Crippen LogP contribution in [0.3, 0.4) is 0 Å². The van der Waals surface area contributed by atoms with Gasteiger partial charge in [0.15, 0.2) is 6.54 Å². The quantitative estimate of drug-likeness (QED) is 0.314. The maximum absolute atomic E-state index is 2.22. The van der Waals surface area contributed by atoms with Gasteiger partial charge in [-0.05, 0) is 0 Å². The molecule has 1 heterocycles. The second-order valence-electron chi connectivity index (χ2n) is 2.21. The van der Waals surface area contributed by atoms with Gasteiger partial charge < -0.3 is 24.0 Å². The lowest BCUT2D eigenvalue weighted by Gasteiger charge is -1.87. The highest BCUT2D eigenvalue weighted by molar-refractivity contribution is 5.36. The number of nitrogens with one attached hydrogen (secondary N) is 1. The van der Waals surface area contributed by atoms with E-state index in [0.717, 1.165) is 0 Å². The van der Waals surface area contributed by atoms with E-state index in [1.54, 1.807) is 0 Å². The van der Waals surface area contributed by atoms with Crippen molar-refractivity contribution in [3.63, 3.8) is 0 Å². The SMILES string of the molecule is C[N+]1=C[NH+](C)CC1.[I-]. The molecule has 1 rings (SSSR count). The van der Waals surface area contributed by atoms with Gasteiger partial charge in [-0.25, -0.2) is 0 Å². The minimum absolute atomic E-state index is 0. The molecule has 0 amide bonds. The summed E-state index contributed by atoms with van der Waals surface area (Å²) in [6, 6.07) is 0. The molecule has 0 radical (unpaired) electrons. The first-order valence-electron chi connectivity index (χ1n) is 2.66. The third-order valence-electron chi connectivity index (χ3n) is 1.30. The number of hydrogen-bond acceptors (Lipinski definition) is 0. The summed E-state index contributed by atoms with van der Waals surface area (Å²) in [7, 11) is 4.28. The number of quaternary nitrogens is 1. The van der Waals surface area contributed by atoms with Crippen molar-refractivity contribution in [3.8, 4) is 0 Å². The topological polar surface area (TPSA) is 7.45 Å². The van der Waals surface area contributed by atoms with E-state index in [1.165, 1.54) is 18.0 Å². The number of rotatable bonds is 0. The van der Waals surface area contributed by atoms with Crippen LogP contribution in [0.2, 0.25) is 0 Å². The van der Waals surface area contributed by atoms with E-state index in [1.807, 2.05) is 0 Å². The van der Waals surface area contributed by atoms with Gasteiger partial charge in [0.2, 0.25) is 0 Å². The van der Waals surface area contributed by atoms with Crippen molar-refractivity contribution < 1.29 is 33.5 Å². The fourth-order valence-corrected chi connectivity index (χ4v) is 0.858. The molecule has 0 aromatic rings. The third kappa shape index (κ3) is 2.09. The summed E-state index contributed by atoms with van der Waals surface area (Å²) >= 11 is 0. The second-order valence-corrected chi connectivity index (χ2v) is 2.21. The molecule has 0 saturated heterocycles. The largest absolute Gasteiger partial charge is 1.00 e. The maximum Gasteiger partial charge on any atom is 0.324 e. The lowest BCUT2D eigenvalue weighted by molar-refractivity contribution is -0.769. The standard InChI is InChI=1S/C5H11N2.HI/c1-6-3-4-7(2)5-6;/h5H,3-4H2,1-2H3;1H/q+1;. The summed E-state index contributed by atoms with van der Waals surface area (Å²) in [5.74, 6) is 0. The minimum Gasteiger partial charge on any atom is -1.00 e. The zero-order valence-electron chi connectivity index (χ0n) is 5.32. The molecule has 0 aromatic heterocycles. The molecule has 1 unspecified atom stereocenters. The van der Waals surface area contributed by atoms with Crippen LogP contribution in [0, 0.1) is 0 Å². The normalized spacial score (nSPS) is 26.8. The predicted octanol–water partition coefficient (Wildman–Crippen LogP) is -4.81. The van der Waals surface area contributed by atoms with Crippen molar-refractivity contribution in [3.05, 3.63) is 0 Å². The molecule has 0 fully saturated rings. The fraction of sp³-hybridized carbons (Fsp3) is 0.800. The molecule has 0 aromatic carbocycles. The molecular formula is C5H12IN2+. The molecule has 1 N–H and O–H groups in total. The molecule has 1 aliphatic rings. The van der Waals surface area contributed by atoms with Crippen molar-refractivity contribution in [2.75, 3.05) is 27.2 Å². The van der Waals surface area contributed by atoms with Crippen molar-refractivity contribution >= 4 is 6.34 Å². The second kappa shape index (κ2) is 3.40. The Kier molecular flexibility index (Phi) is 3.55. The smallest absolute Gasteiger partial charge is 0.324 e. The Morgan fingerprint density at radius 3 is 2.38 bits per heavy atom. The van der Waals surface area contributed by atoms with Gasteiger partial charge in [-0.3, -0.25) is 4.90 Å². The lowest BCUT2D eigenvalue weighted by Crippen LogP contribution is -3.06. The Bertz CT molecular complexity index is 101. The van der Waals surface area contributed by atoms with Crippen LogP contribution in [0.25, 0.3) is 0 Å². The first kappa shape index (κ1) is 8.36. The summed E-state index contributed by atoms with van der Waals surface area (Å²) in [6.07, 6.45) is 2.19. The molecule has 2 nitrogen and oxygen atoms in total. The van der Waals surface area contributed by atoms with Crippen LogP contribution in [0.5, 0.6) is 0 Å². The lowest BCUT2D eigenvalue weighted by atomic mass is 10.6. The van der Waals surface area contributed by atoms with Gasteiger partial charge in [0.1, 0.15) is 13.6 Å². The van der Waals surface area contributed by atoms with Crippen molar-refractivity contribution in [1.29, 1.82) is 0 Å². The zero-order valence-corrected chi connectivity index (χ0v) is 7.47. The van der Waals surface area contributed by atoms with E-state index in [0.29, 0.717) is 0 Å². The van der Waals surface area contributed by atoms with Crippen LogP contribution < -0.4 is 28.9 Å². The van der Waals surface area contributed by atoms with Crippen LogP contribution in [0.1, 0.15) is 0 Å². The summed E-state index contributed by atoms with van der Waals surface area (Å²) < 4.78 is 2.22. The summed E-state index contributed by atoms with van der Waals surface area (Å²) in [5, 5.41) is 0. The Morgan fingerprint density at radius 1 is 1.62 bits per heavy atom. The summed E-state index contributed by atoms with van der Waals surface area (Å²) in [6.45, 7) is 2.47. The van der Waals surface area contributed by atoms with E-state index in [9.17, 15) is 0 Å². The van der Waals surface area contributed by atoms with Gasteiger partial charge in [-0.2, -0.15) is 4.58 Å². The Hall–Kier alpha value is 0.360. The van der Waals surface area contributed by atoms with Crippen LogP contribution in [-0.2, 0) is 0 Å². The van der Waals surface area contributed by atoms with Gasteiger partial charge in [-0.1, -0.05) is 0 Å². The molecule has 0 saturated carbocycles. The highest BCUT2D eigenvalue weighted by atomic mass is 127. The first-order valence-corrected chi connectivity index (χ1v) is 2.66. The highest BCUT2D eigenvalue weighted by Gasteiger charge is 2.13. The molecule has 8 heavy (non-hydrogen) atoms. The monoisotopic (exact) mass is 227 g/mol.